The highest BCUT2D eigenvalue weighted by Crippen LogP contribution is 2.22. The lowest BCUT2D eigenvalue weighted by Gasteiger charge is -2.35. The fraction of sp³-hybridized carbons (Fsp3) is 1.00. The van der Waals surface area contributed by atoms with Crippen LogP contribution in [0.15, 0.2) is 0 Å². The predicted octanol–water partition coefficient (Wildman–Crippen LogP) is 0.0952. The molecule has 3 N–H and O–H groups in total. The lowest BCUT2D eigenvalue weighted by atomic mass is 10.0. The van der Waals surface area contributed by atoms with Crippen LogP contribution in [0.2, 0.25) is 0 Å². The molecule has 0 bridgehead atoms. The average Bonchev–Trinajstić information content (AvgIpc) is 2.08. The lowest BCUT2D eigenvalue weighted by Crippen LogP contribution is -2.41. The van der Waals surface area contributed by atoms with Crippen molar-refractivity contribution in [2.75, 3.05) is 19.8 Å². The van der Waals surface area contributed by atoms with Crippen molar-refractivity contribution in [3.05, 3.63) is 0 Å². The number of rotatable bonds is 3. The quantitative estimate of drug-likeness (QED) is 0.660. The minimum atomic E-state index is -0.459. The smallest absolute Gasteiger partial charge is 0.162 e. The lowest BCUT2D eigenvalue weighted by molar-refractivity contribution is -0.263. The van der Waals surface area contributed by atoms with Gasteiger partial charge in [0.25, 0.3) is 0 Å². The Morgan fingerprint density at radius 2 is 2.00 bits per heavy atom. The molecule has 1 unspecified atom stereocenters. The summed E-state index contributed by atoms with van der Waals surface area (Å²) in [4.78, 5) is 0. The van der Waals surface area contributed by atoms with Crippen molar-refractivity contribution in [1.29, 1.82) is 0 Å². The van der Waals surface area contributed by atoms with Crippen LogP contribution in [0.3, 0.4) is 0 Å². The van der Waals surface area contributed by atoms with Gasteiger partial charge in [-0.2, -0.15) is 0 Å². The molecule has 1 aliphatic rings. The van der Waals surface area contributed by atoms with Gasteiger partial charge in [-0.05, 0) is 20.3 Å². The third kappa shape index (κ3) is 3.60. The molecule has 0 saturated carbocycles. The summed E-state index contributed by atoms with van der Waals surface area (Å²) in [6.07, 6.45) is 0.757. The Balaban J connectivity index is 2.25. The van der Waals surface area contributed by atoms with Gasteiger partial charge in [0.1, 0.15) is 0 Å². The zero-order chi connectivity index (χ0) is 9.90. The van der Waals surface area contributed by atoms with Gasteiger partial charge in [0.2, 0.25) is 0 Å². The first-order valence-electron chi connectivity index (χ1n) is 4.68. The second-order valence-electron chi connectivity index (χ2n) is 4.07. The zero-order valence-corrected chi connectivity index (χ0v) is 8.32. The summed E-state index contributed by atoms with van der Waals surface area (Å²) in [7, 11) is 0. The molecule has 1 heterocycles. The van der Waals surface area contributed by atoms with Crippen LogP contribution in [0, 0.1) is 5.92 Å². The van der Waals surface area contributed by atoms with E-state index in [1.807, 2.05) is 13.8 Å². The van der Waals surface area contributed by atoms with Crippen LogP contribution in [0.5, 0.6) is 0 Å². The van der Waals surface area contributed by atoms with E-state index in [0.717, 1.165) is 6.42 Å². The molecule has 0 aliphatic carbocycles. The molecule has 1 saturated heterocycles. The van der Waals surface area contributed by atoms with Gasteiger partial charge in [-0.1, -0.05) is 0 Å². The maximum atomic E-state index is 8.76. The van der Waals surface area contributed by atoms with Crippen molar-refractivity contribution < 1.29 is 14.6 Å². The second kappa shape index (κ2) is 4.37. The maximum absolute atomic E-state index is 8.76. The van der Waals surface area contributed by atoms with E-state index in [2.05, 4.69) is 0 Å². The van der Waals surface area contributed by atoms with Crippen LogP contribution < -0.4 is 5.73 Å². The Morgan fingerprint density at radius 3 is 2.46 bits per heavy atom. The normalized spacial score (nSPS) is 25.8. The number of ether oxygens (including phenoxy) is 2. The van der Waals surface area contributed by atoms with Crippen LogP contribution in [-0.2, 0) is 9.47 Å². The summed E-state index contributed by atoms with van der Waals surface area (Å²) in [5.74, 6) is -0.144. The van der Waals surface area contributed by atoms with Gasteiger partial charge >= 0.3 is 0 Å². The van der Waals surface area contributed by atoms with Crippen molar-refractivity contribution in [3.63, 3.8) is 0 Å². The second-order valence-corrected chi connectivity index (χ2v) is 4.07. The highest BCUT2D eigenvalue weighted by atomic mass is 16.7. The highest BCUT2D eigenvalue weighted by Gasteiger charge is 2.28. The van der Waals surface area contributed by atoms with E-state index in [1.165, 1.54) is 0 Å². The van der Waals surface area contributed by atoms with Gasteiger partial charge in [0.05, 0.1) is 19.8 Å². The molecule has 1 rings (SSSR count). The first kappa shape index (κ1) is 10.9. The van der Waals surface area contributed by atoms with Crippen molar-refractivity contribution in [3.8, 4) is 0 Å². The molecule has 78 valence electrons. The molecule has 0 aromatic carbocycles. The van der Waals surface area contributed by atoms with Crippen LogP contribution in [0.1, 0.15) is 20.3 Å². The van der Waals surface area contributed by atoms with E-state index in [1.54, 1.807) is 0 Å². The molecule has 0 aromatic heterocycles. The SMILES string of the molecule is CC1(C)OCC(CC(N)CO)CO1. The molecule has 4 heteroatoms. The monoisotopic (exact) mass is 189 g/mol. The minimum absolute atomic E-state index is 0.0277. The fourth-order valence-electron chi connectivity index (χ4n) is 1.37. The molecule has 1 fully saturated rings. The molecule has 0 amide bonds. The number of aliphatic hydroxyl groups is 1. The maximum Gasteiger partial charge on any atom is 0.162 e. The first-order valence-corrected chi connectivity index (χ1v) is 4.68. The Bertz CT molecular complexity index is 151. The van der Waals surface area contributed by atoms with Crippen molar-refractivity contribution in [2.45, 2.75) is 32.1 Å². The topological polar surface area (TPSA) is 64.7 Å². The Hall–Kier alpha value is -0.160. The molecule has 0 aromatic rings. The van der Waals surface area contributed by atoms with E-state index < -0.39 is 5.79 Å². The minimum Gasteiger partial charge on any atom is -0.395 e. The van der Waals surface area contributed by atoms with Gasteiger partial charge in [-0.25, -0.2) is 0 Å². The van der Waals surface area contributed by atoms with Crippen LogP contribution in [-0.4, -0.2) is 36.8 Å². The Morgan fingerprint density at radius 1 is 1.46 bits per heavy atom. The summed E-state index contributed by atoms with van der Waals surface area (Å²) < 4.78 is 10.9. The predicted molar refractivity (Wildman–Crippen MR) is 49.2 cm³/mol. The molecular weight excluding hydrogens is 170 g/mol. The third-order valence-corrected chi connectivity index (χ3v) is 2.20. The molecule has 1 aliphatic heterocycles. The van der Waals surface area contributed by atoms with E-state index in [0.29, 0.717) is 19.1 Å². The van der Waals surface area contributed by atoms with Crippen molar-refractivity contribution >= 4 is 0 Å². The van der Waals surface area contributed by atoms with E-state index in [-0.39, 0.29) is 12.6 Å². The average molecular weight is 189 g/mol. The van der Waals surface area contributed by atoms with Gasteiger partial charge in [-0.15, -0.1) is 0 Å². The third-order valence-electron chi connectivity index (χ3n) is 2.20. The molecule has 4 nitrogen and oxygen atoms in total. The summed E-state index contributed by atoms with van der Waals surface area (Å²) in [6.45, 7) is 5.16. The van der Waals surface area contributed by atoms with Gasteiger partial charge in [-0.3, -0.25) is 0 Å². The summed E-state index contributed by atoms with van der Waals surface area (Å²) >= 11 is 0. The highest BCUT2D eigenvalue weighted by molar-refractivity contribution is 4.72. The first-order chi connectivity index (χ1) is 6.03. The fourth-order valence-corrected chi connectivity index (χ4v) is 1.37. The van der Waals surface area contributed by atoms with Crippen molar-refractivity contribution in [2.24, 2.45) is 11.7 Å². The van der Waals surface area contributed by atoms with Crippen LogP contribution in [0.25, 0.3) is 0 Å². The standard InChI is InChI=1S/C9H19NO3/c1-9(2)12-5-7(6-13-9)3-8(10)4-11/h7-8,11H,3-6,10H2,1-2H3. The number of hydrogen-bond donors (Lipinski definition) is 2. The molecule has 13 heavy (non-hydrogen) atoms. The number of aliphatic hydroxyl groups excluding tert-OH is 1. The zero-order valence-electron chi connectivity index (χ0n) is 8.32. The largest absolute Gasteiger partial charge is 0.395 e. The van der Waals surface area contributed by atoms with Gasteiger partial charge < -0.3 is 20.3 Å². The molecule has 0 radical (unpaired) electrons. The molecular formula is C9H19NO3. The van der Waals surface area contributed by atoms with E-state index in [9.17, 15) is 0 Å². The van der Waals surface area contributed by atoms with Gasteiger partial charge in [0, 0.05) is 12.0 Å². The summed E-state index contributed by atoms with van der Waals surface area (Å²) in [5, 5.41) is 8.76. The Labute approximate surface area is 79.0 Å². The van der Waals surface area contributed by atoms with Crippen molar-refractivity contribution in [1.82, 2.24) is 0 Å². The van der Waals surface area contributed by atoms with E-state index >= 15 is 0 Å². The molecule has 0 spiro atoms. The summed E-state index contributed by atoms with van der Waals surface area (Å²) in [6, 6.07) is -0.154. The van der Waals surface area contributed by atoms with Crippen LogP contribution in [0.4, 0.5) is 0 Å². The number of hydrogen-bond acceptors (Lipinski definition) is 4. The van der Waals surface area contributed by atoms with E-state index in [4.69, 9.17) is 20.3 Å². The van der Waals surface area contributed by atoms with Gasteiger partial charge in [0.15, 0.2) is 5.79 Å². The number of nitrogens with two attached hydrogens (primary N) is 1. The molecule has 1 atom stereocenters. The van der Waals surface area contributed by atoms with Crippen LogP contribution >= 0.6 is 0 Å². The summed E-state index contributed by atoms with van der Waals surface area (Å²) in [5.41, 5.74) is 5.61. The Kier molecular flexibility index (Phi) is 3.67.